The number of nitrogens with one attached hydrogen (secondary N) is 1. The van der Waals surface area contributed by atoms with Gasteiger partial charge >= 0.3 is 0 Å². The number of carbonyl (C=O) groups excluding carboxylic acids is 2. The van der Waals surface area contributed by atoms with E-state index in [1.165, 1.54) is 11.8 Å². The lowest BCUT2D eigenvalue weighted by Gasteiger charge is -2.25. The molecule has 24 heavy (non-hydrogen) atoms. The van der Waals surface area contributed by atoms with E-state index >= 15 is 0 Å². The van der Waals surface area contributed by atoms with Crippen LogP contribution in [-0.4, -0.2) is 38.8 Å². The van der Waals surface area contributed by atoms with Gasteiger partial charge in [-0.05, 0) is 31.0 Å². The molecule has 2 aliphatic heterocycles. The van der Waals surface area contributed by atoms with E-state index in [1.807, 2.05) is 36.5 Å². The molecule has 7 heteroatoms. The first kappa shape index (κ1) is 15.3. The van der Waals surface area contributed by atoms with Crippen molar-refractivity contribution >= 4 is 29.3 Å². The SMILES string of the molecule is Cn1cc([C@H]2CCCN2C(=O)c2ccc3c(c2)NC(=O)CS3)cn1. The van der Waals surface area contributed by atoms with E-state index < -0.39 is 0 Å². The van der Waals surface area contributed by atoms with Crippen LogP contribution in [0.3, 0.4) is 0 Å². The number of amides is 2. The Morgan fingerprint density at radius 3 is 3.08 bits per heavy atom. The molecule has 0 spiro atoms. The largest absolute Gasteiger partial charge is 0.331 e. The number of thioether (sulfide) groups is 1. The Kier molecular flexibility index (Phi) is 3.80. The Morgan fingerprint density at radius 2 is 2.29 bits per heavy atom. The van der Waals surface area contributed by atoms with Gasteiger partial charge in [-0.25, -0.2) is 0 Å². The number of likely N-dealkylation sites (tertiary alicyclic amines) is 1. The maximum absolute atomic E-state index is 13.0. The molecule has 2 aliphatic rings. The predicted molar refractivity (Wildman–Crippen MR) is 92.0 cm³/mol. The van der Waals surface area contributed by atoms with Crippen LogP contribution in [0.1, 0.15) is 34.8 Å². The van der Waals surface area contributed by atoms with E-state index in [0.29, 0.717) is 11.3 Å². The van der Waals surface area contributed by atoms with Gasteiger partial charge in [-0.1, -0.05) is 0 Å². The Labute approximate surface area is 144 Å². The molecule has 1 aromatic heterocycles. The first-order valence-corrected chi connectivity index (χ1v) is 8.96. The molecular weight excluding hydrogens is 324 g/mol. The molecule has 0 aliphatic carbocycles. The summed E-state index contributed by atoms with van der Waals surface area (Å²) in [5.41, 5.74) is 2.43. The van der Waals surface area contributed by atoms with Crippen molar-refractivity contribution in [3.63, 3.8) is 0 Å². The molecule has 1 aromatic carbocycles. The Morgan fingerprint density at radius 1 is 1.42 bits per heavy atom. The smallest absolute Gasteiger partial charge is 0.254 e. The number of fused-ring (bicyclic) bond motifs is 1. The zero-order valence-corrected chi connectivity index (χ0v) is 14.2. The lowest BCUT2D eigenvalue weighted by Crippen LogP contribution is -2.30. The fourth-order valence-electron chi connectivity index (χ4n) is 3.35. The van der Waals surface area contributed by atoms with Crippen molar-refractivity contribution < 1.29 is 9.59 Å². The highest BCUT2D eigenvalue weighted by molar-refractivity contribution is 8.00. The lowest BCUT2D eigenvalue weighted by molar-refractivity contribution is -0.113. The molecule has 0 unspecified atom stereocenters. The Bertz CT molecular complexity index is 817. The number of rotatable bonds is 2. The van der Waals surface area contributed by atoms with Crippen LogP contribution in [0.2, 0.25) is 0 Å². The van der Waals surface area contributed by atoms with Gasteiger partial charge in [0.1, 0.15) is 0 Å². The van der Waals surface area contributed by atoms with Crippen LogP contribution in [0.4, 0.5) is 5.69 Å². The summed E-state index contributed by atoms with van der Waals surface area (Å²) >= 11 is 1.50. The second-order valence-corrected chi connectivity index (χ2v) is 7.17. The van der Waals surface area contributed by atoms with E-state index in [4.69, 9.17) is 0 Å². The molecule has 1 atom stereocenters. The van der Waals surface area contributed by atoms with Gasteiger partial charge in [0.05, 0.1) is 23.7 Å². The van der Waals surface area contributed by atoms with Crippen molar-refractivity contribution in [3.05, 3.63) is 41.7 Å². The van der Waals surface area contributed by atoms with Crippen molar-refractivity contribution in [3.8, 4) is 0 Å². The van der Waals surface area contributed by atoms with Gasteiger partial charge in [-0.15, -0.1) is 11.8 Å². The summed E-state index contributed by atoms with van der Waals surface area (Å²) in [6, 6.07) is 5.64. The molecule has 0 radical (unpaired) electrons. The van der Waals surface area contributed by atoms with Crippen LogP contribution < -0.4 is 5.32 Å². The number of hydrogen-bond donors (Lipinski definition) is 1. The molecule has 3 heterocycles. The normalized spacial score (nSPS) is 20.0. The molecule has 4 rings (SSSR count). The molecule has 2 amide bonds. The first-order valence-electron chi connectivity index (χ1n) is 7.98. The Balaban J connectivity index is 1.61. The third kappa shape index (κ3) is 2.69. The minimum Gasteiger partial charge on any atom is -0.331 e. The monoisotopic (exact) mass is 342 g/mol. The fraction of sp³-hybridized carbons (Fsp3) is 0.353. The van der Waals surface area contributed by atoms with E-state index in [1.54, 1.807) is 10.7 Å². The summed E-state index contributed by atoms with van der Waals surface area (Å²) in [5.74, 6) is 0.413. The second kappa shape index (κ2) is 5.98. The number of anilines is 1. The van der Waals surface area contributed by atoms with Crippen molar-refractivity contribution in [1.29, 1.82) is 0 Å². The second-order valence-electron chi connectivity index (χ2n) is 6.15. The van der Waals surface area contributed by atoms with E-state index in [2.05, 4.69) is 10.4 Å². The zero-order valence-electron chi connectivity index (χ0n) is 13.4. The maximum atomic E-state index is 13.0. The predicted octanol–water partition coefficient (Wildman–Crippen LogP) is 2.44. The molecule has 0 saturated carbocycles. The van der Waals surface area contributed by atoms with Crippen molar-refractivity contribution in [2.45, 2.75) is 23.8 Å². The number of aryl methyl sites for hydroxylation is 1. The first-order chi connectivity index (χ1) is 11.6. The summed E-state index contributed by atoms with van der Waals surface area (Å²) in [7, 11) is 1.88. The highest BCUT2D eigenvalue weighted by atomic mass is 32.2. The van der Waals surface area contributed by atoms with Gasteiger partial charge in [-0.2, -0.15) is 5.10 Å². The van der Waals surface area contributed by atoms with Crippen LogP contribution in [0, 0.1) is 0 Å². The van der Waals surface area contributed by atoms with Crippen LogP contribution >= 0.6 is 11.8 Å². The van der Waals surface area contributed by atoms with Crippen molar-refractivity contribution in [2.75, 3.05) is 17.6 Å². The highest BCUT2D eigenvalue weighted by Gasteiger charge is 2.31. The molecule has 1 saturated heterocycles. The van der Waals surface area contributed by atoms with Crippen molar-refractivity contribution in [2.24, 2.45) is 7.05 Å². The van der Waals surface area contributed by atoms with Gasteiger partial charge in [0, 0.05) is 35.8 Å². The summed E-state index contributed by atoms with van der Waals surface area (Å²) in [6.07, 6.45) is 5.75. The standard InChI is InChI=1S/C17H18N4O2S/c1-20-9-12(8-18-20)14-3-2-6-21(14)17(23)11-4-5-15-13(7-11)19-16(22)10-24-15/h4-5,7-9,14H,2-3,6,10H2,1H3,(H,19,22)/t14-/m1/s1. The number of hydrogen-bond acceptors (Lipinski definition) is 4. The van der Waals surface area contributed by atoms with Gasteiger partial charge in [0.15, 0.2) is 0 Å². The number of aromatic nitrogens is 2. The molecule has 0 bridgehead atoms. The third-order valence-electron chi connectivity index (χ3n) is 4.48. The van der Waals surface area contributed by atoms with Crippen LogP contribution in [-0.2, 0) is 11.8 Å². The highest BCUT2D eigenvalue weighted by Crippen LogP contribution is 2.35. The number of carbonyl (C=O) groups is 2. The zero-order chi connectivity index (χ0) is 16.7. The van der Waals surface area contributed by atoms with Crippen LogP contribution in [0.5, 0.6) is 0 Å². The number of nitrogens with zero attached hydrogens (tertiary/aromatic N) is 3. The van der Waals surface area contributed by atoms with E-state index in [9.17, 15) is 9.59 Å². The molecular formula is C17H18N4O2S. The van der Waals surface area contributed by atoms with Crippen molar-refractivity contribution in [1.82, 2.24) is 14.7 Å². The van der Waals surface area contributed by atoms with Crippen LogP contribution in [0.25, 0.3) is 0 Å². The van der Waals surface area contributed by atoms with Gasteiger partial charge < -0.3 is 10.2 Å². The van der Waals surface area contributed by atoms with Gasteiger partial charge in [-0.3, -0.25) is 14.3 Å². The van der Waals surface area contributed by atoms with E-state index in [-0.39, 0.29) is 17.9 Å². The maximum Gasteiger partial charge on any atom is 0.254 e. The lowest BCUT2D eigenvalue weighted by atomic mass is 10.1. The average Bonchev–Trinajstić information content (AvgIpc) is 3.22. The van der Waals surface area contributed by atoms with Gasteiger partial charge in [0.2, 0.25) is 5.91 Å². The molecule has 1 fully saturated rings. The van der Waals surface area contributed by atoms with Gasteiger partial charge in [0.25, 0.3) is 5.91 Å². The quantitative estimate of drug-likeness (QED) is 0.910. The molecule has 124 valence electrons. The van der Waals surface area contributed by atoms with E-state index in [0.717, 1.165) is 35.5 Å². The number of benzene rings is 1. The summed E-state index contributed by atoms with van der Waals surface area (Å²) in [4.78, 5) is 27.5. The minimum atomic E-state index is -0.0218. The third-order valence-corrected chi connectivity index (χ3v) is 5.56. The van der Waals surface area contributed by atoms with Crippen LogP contribution in [0.15, 0.2) is 35.5 Å². The fourth-order valence-corrected chi connectivity index (χ4v) is 4.14. The molecule has 1 N–H and O–H groups in total. The summed E-state index contributed by atoms with van der Waals surface area (Å²) in [6.45, 7) is 0.747. The topological polar surface area (TPSA) is 67.2 Å². The average molecular weight is 342 g/mol. The molecule has 2 aromatic rings. The molecule has 6 nitrogen and oxygen atoms in total. The Hall–Kier alpha value is -2.28. The minimum absolute atomic E-state index is 0.00831. The summed E-state index contributed by atoms with van der Waals surface area (Å²) < 4.78 is 1.77. The summed E-state index contributed by atoms with van der Waals surface area (Å²) in [5, 5.41) is 7.07.